The number of phenols is 1. The summed E-state index contributed by atoms with van der Waals surface area (Å²) in [5.74, 6) is -0.576. The highest BCUT2D eigenvalue weighted by Crippen LogP contribution is 2.52. The summed E-state index contributed by atoms with van der Waals surface area (Å²) in [6.07, 6.45) is -0.121. The summed E-state index contributed by atoms with van der Waals surface area (Å²) >= 11 is 0. The molecule has 8 N–H and O–H groups in total. The van der Waals surface area contributed by atoms with E-state index in [9.17, 15) is 34.8 Å². The molecule has 3 unspecified atom stereocenters. The van der Waals surface area contributed by atoms with Crippen molar-refractivity contribution in [2.45, 2.75) is 24.9 Å². The molecule has 0 radical (unpaired) electrons. The molecule has 0 aromatic heterocycles. The summed E-state index contributed by atoms with van der Waals surface area (Å²) in [5, 5.41) is 43.6. The highest BCUT2D eigenvalue weighted by molar-refractivity contribution is 6.22. The molecule has 1 saturated carbocycles. The fourth-order valence-corrected chi connectivity index (χ4v) is 5.44. The van der Waals surface area contributed by atoms with Crippen molar-refractivity contribution < 1.29 is 34.8 Å². The third-order valence-corrected chi connectivity index (χ3v) is 7.20. The molecule has 3 aliphatic carbocycles. The Labute approximate surface area is 205 Å². The minimum absolute atomic E-state index is 0.00577. The largest absolute Gasteiger partial charge is 0.508 e. The average molecular weight is 486 g/mol. The highest BCUT2D eigenvalue weighted by atomic mass is 16.3. The first-order valence-electron chi connectivity index (χ1n) is 11.2. The zero-order valence-electron chi connectivity index (χ0n) is 18.9. The van der Waals surface area contributed by atoms with Gasteiger partial charge in [-0.1, -0.05) is 11.8 Å². The molecule has 0 saturated heterocycles. The molecular formula is C27H22N2O7. The first-order valence-corrected chi connectivity index (χ1v) is 11.2. The second-order valence-electron chi connectivity index (χ2n) is 9.26. The van der Waals surface area contributed by atoms with E-state index in [1.54, 1.807) is 30.3 Å². The Hall–Kier alpha value is -4.55. The Morgan fingerprint density at radius 3 is 2.36 bits per heavy atom. The van der Waals surface area contributed by atoms with Crippen LogP contribution in [0.3, 0.4) is 0 Å². The topological polar surface area (TPSA) is 184 Å². The second-order valence-corrected chi connectivity index (χ2v) is 9.26. The Morgan fingerprint density at radius 2 is 1.69 bits per heavy atom. The Bertz CT molecular complexity index is 1490. The van der Waals surface area contributed by atoms with Gasteiger partial charge in [-0.05, 0) is 60.7 Å². The summed E-state index contributed by atoms with van der Waals surface area (Å²) in [4.78, 5) is 37.7. The number of carbonyl (C=O) groups is 3. The van der Waals surface area contributed by atoms with E-state index in [-0.39, 0.29) is 36.1 Å². The lowest BCUT2D eigenvalue weighted by Crippen LogP contribution is -2.58. The molecule has 0 aliphatic heterocycles. The van der Waals surface area contributed by atoms with Crippen LogP contribution >= 0.6 is 0 Å². The van der Waals surface area contributed by atoms with Gasteiger partial charge >= 0.3 is 0 Å². The van der Waals surface area contributed by atoms with E-state index in [0.29, 0.717) is 22.4 Å². The average Bonchev–Trinajstić information content (AvgIpc) is 2.81. The first-order chi connectivity index (χ1) is 17.0. The van der Waals surface area contributed by atoms with Gasteiger partial charge in [-0.25, -0.2) is 0 Å². The molecule has 3 aliphatic rings. The zero-order valence-corrected chi connectivity index (χ0v) is 18.9. The predicted molar refractivity (Wildman–Crippen MR) is 128 cm³/mol. The Balaban J connectivity index is 1.64. The normalized spacial score (nSPS) is 24.9. The van der Waals surface area contributed by atoms with E-state index in [0.717, 1.165) is 0 Å². The second kappa shape index (κ2) is 8.00. The number of nitrogens with two attached hydrogens (primary N) is 2. The van der Waals surface area contributed by atoms with Gasteiger partial charge in [-0.15, -0.1) is 0 Å². The number of anilines is 1. The molecule has 1 amide bonds. The number of hydrogen-bond donors (Lipinski definition) is 6. The van der Waals surface area contributed by atoms with Crippen LogP contribution in [-0.2, 0) is 20.8 Å². The Kier molecular flexibility index (Phi) is 5.16. The monoisotopic (exact) mass is 486 g/mol. The number of rotatable bonds is 1. The number of carbonyl (C=O) groups excluding carboxylic acids is 3. The summed E-state index contributed by atoms with van der Waals surface area (Å²) in [5.41, 5.74) is 9.66. The molecule has 5 rings (SSSR count). The number of fused-ring (bicyclic) bond motifs is 3. The summed E-state index contributed by atoms with van der Waals surface area (Å²) in [6, 6.07) is 9.89. The lowest BCUT2D eigenvalue weighted by Gasteiger charge is -2.46. The van der Waals surface area contributed by atoms with Gasteiger partial charge in [0.1, 0.15) is 22.8 Å². The van der Waals surface area contributed by atoms with Crippen molar-refractivity contribution in [3.05, 3.63) is 75.6 Å². The summed E-state index contributed by atoms with van der Waals surface area (Å²) < 4.78 is 0. The molecular weight excluding hydrogens is 464 g/mol. The molecule has 0 spiro atoms. The van der Waals surface area contributed by atoms with Crippen molar-refractivity contribution in [2.24, 2.45) is 17.6 Å². The van der Waals surface area contributed by atoms with Gasteiger partial charge < -0.3 is 31.9 Å². The number of benzene rings is 2. The van der Waals surface area contributed by atoms with Crippen LogP contribution in [-0.4, -0.2) is 43.5 Å². The van der Waals surface area contributed by atoms with Gasteiger partial charge in [-0.3, -0.25) is 14.4 Å². The molecule has 1 fully saturated rings. The quantitative estimate of drug-likeness (QED) is 0.198. The van der Waals surface area contributed by atoms with Crippen molar-refractivity contribution in [3.8, 4) is 17.6 Å². The van der Waals surface area contributed by atoms with Crippen LogP contribution in [0.25, 0.3) is 5.76 Å². The van der Waals surface area contributed by atoms with Gasteiger partial charge in [0, 0.05) is 34.7 Å². The standard InChI is InChI=1S/C27H22N2O7/c28-16-6-2-12(3-7-16)1-4-13-5-8-18(30)21-17(13)10-14-9-15-11-19(31)22(26(29)35)25(34)27(15,36)24(33)20(14)23(21)32/h2-3,5-8,14-15,30,32,34,36H,9-11,28H2,(H2,29,35). The fraction of sp³-hybridized carbons (Fsp3) is 0.222. The van der Waals surface area contributed by atoms with Crippen molar-refractivity contribution in [1.82, 2.24) is 0 Å². The van der Waals surface area contributed by atoms with Crippen LogP contribution in [0.1, 0.15) is 35.1 Å². The predicted octanol–water partition coefficient (Wildman–Crippen LogP) is 1.41. The van der Waals surface area contributed by atoms with Gasteiger partial charge in [0.05, 0.1) is 5.56 Å². The Morgan fingerprint density at radius 1 is 1.00 bits per heavy atom. The third kappa shape index (κ3) is 3.26. The minimum atomic E-state index is -2.59. The first kappa shape index (κ1) is 23.2. The summed E-state index contributed by atoms with van der Waals surface area (Å²) in [7, 11) is 0. The lowest BCUT2D eigenvalue weighted by molar-refractivity contribution is -0.147. The van der Waals surface area contributed by atoms with Gasteiger partial charge in [0.15, 0.2) is 11.4 Å². The van der Waals surface area contributed by atoms with Crippen LogP contribution in [0.5, 0.6) is 5.75 Å². The van der Waals surface area contributed by atoms with Crippen molar-refractivity contribution >= 4 is 28.9 Å². The van der Waals surface area contributed by atoms with Crippen LogP contribution < -0.4 is 11.5 Å². The number of aliphatic hydroxyl groups excluding tert-OH is 2. The maximum Gasteiger partial charge on any atom is 0.255 e. The van der Waals surface area contributed by atoms with Crippen molar-refractivity contribution in [3.63, 3.8) is 0 Å². The maximum absolute atomic E-state index is 13.5. The number of primary amides is 1. The molecule has 9 heteroatoms. The van der Waals surface area contributed by atoms with Gasteiger partial charge in [0.2, 0.25) is 5.78 Å². The minimum Gasteiger partial charge on any atom is -0.508 e. The maximum atomic E-state index is 13.5. The zero-order chi connectivity index (χ0) is 25.9. The van der Waals surface area contributed by atoms with Crippen molar-refractivity contribution in [1.29, 1.82) is 0 Å². The van der Waals surface area contributed by atoms with E-state index in [4.69, 9.17) is 11.5 Å². The number of amides is 1. The van der Waals surface area contributed by atoms with Crippen molar-refractivity contribution in [2.75, 3.05) is 5.73 Å². The fourth-order valence-electron chi connectivity index (χ4n) is 5.44. The number of hydrogen-bond acceptors (Lipinski definition) is 8. The number of nitrogen functional groups attached to an aromatic ring is 1. The van der Waals surface area contributed by atoms with E-state index >= 15 is 0 Å². The van der Waals surface area contributed by atoms with Crippen LogP contribution in [0.2, 0.25) is 0 Å². The molecule has 9 nitrogen and oxygen atoms in total. The molecule has 0 heterocycles. The highest BCUT2D eigenvalue weighted by Gasteiger charge is 2.60. The number of Topliss-reactive ketones (excluding diaryl/α,β-unsaturated/α-hetero) is 2. The molecule has 2 aromatic carbocycles. The number of aromatic hydroxyl groups is 1. The van der Waals surface area contributed by atoms with E-state index in [1.165, 1.54) is 6.07 Å². The van der Waals surface area contributed by atoms with E-state index in [2.05, 4.69) is 11.8 Å². The van der Waals surface area contributed by atoms with Gasteiger partial charge in [-0.2, -0.15) is 0 Å². The molecule has 36 heavy (non-hydrogen) atoms. The van der Waals surface area contributed by atoms with Crippen LogP contribution in [0.15, 0.2) is 53.3 Å². The van der Waals surface area contributed by atoms with E-state index in [1.807, 2.05) is 0 Å². The third-order valence-electron chi connectivity index (χ3n) is 7.20. The number of ketones is 2. The van der Waals surface area contributed by atoms with Crippen LogP contribution in [0, 0.1) is 23.7 Å². The molecule has 182 valence electrons. The smallest absolute Gasteiger partial charge is 0.255 e. The summed E-state index contributed by atoms with van der Waals surface area (Å²) in [6.45, 7) is 0. The molecule has 3 atom stereocenters. The van der Waals surface area contributed by atoms with E-state index < -0.39 is 52.0 Å². The lowest BCUT2D eigenvalue weighted by atomic mass is 9.59. The number of aliphatic hydroxyl groups is 3. The molecule has 2 aromatic rings. The van der Waals surface area contributed by atoms with Crippen LogP contribution in [0.4, 0.5) is 5.69 Å². The van der Waals surface area contributed by atoms with Gasteiger partial charge in [0.25, 0.3) is 5.91 Å². The SMILES string of the molecule is NC(=O)C1=C(O)C2(O)C(=O)C3=C(O)c4c(O)ccc(C#Cc5ccc(N)cc5)c4CC3CC2CC1=O. The molecule has 0 bridgehead atoms. The number of phenolic OH excluding ortho intramolecular Hbond substituents is 1.